The maximum atomic E-state index is 13.4. The van der Waals surface area contributed by atoms with Gasteiger partial charge in [0.05, 0.1) is 0 Å². The Labute approximate surface area is 167 Å². The third kappa shape index (κ3) is 6.66. The Balaban J connectivity index is 2.12. The van der Waals surface area contributed by atoms with Crippen molar-refractivity contribution in [2.45, 2.75) is 31.8 Å². The van der Waals surface area contributed by atoms with E-state index >= 15 is 0 Å². The van der Waals surface area contributed by atoms with Gasteiger partial charge in [0.25, 0.3) is 0 Å². The van der Waals surface area contributed by atoms with Gasteiger partial charge in [-0.05, 0) is 35.4 Å². The molecule has 2 aromatic carbocycles. The molecule has 2 rings (SSSR count). The van der Waals surface area contributed by atoms with E-state index < -0.39 is 35.6 Å². The van der Waals surface area contributed by atoms with Crippen LogP contribution in [0.15, 0.2) is 48.5 Å². The molecular formula is C20H21ClFN3O3. The minimum atomic E-state index is -0.980. The zero-order valence-corrected chi connectivity index (χ0v) is 16.0. The lowest BCUT2D eigenvalue weighted by molar-refractivity contribution is -0.130. The van der Waals surface area contributed by atoms with Gasteiger partial charge in [-0.15, -0.1) is 0 Å². The van der Waals surface area contributed by atoms with Gasteiger partial charge in [-0.2, -0.15) is 0 Å². The molecule has 4 N–H and O–H groups in total. The summed E-state index contributed by atoms with van der Waals surface area (Å²) < 4.78 is 13.4. The van der Waals surface area contributed by atoms with Gasteiger partial charge in [-0.1, -0.05) is 35.9 Å². The van der Waals surface area contributed by atoms with E-state index in [1.54, 1.807) is 30.3 Å². The summed E-state index contributed by atoms with van der Waals surface area (Å²) in [5.41, 5.74) is 6.71. The van der Waals surface area contributed by atoms with E-state index in [0.29, 0.717) is 10.6 Å². The topological polar surface area (TPSA) is 101 Å². The average Bonchev–Trinajstić information content (AvgIpc) is 2.62. The smallest absolute Gasteiger partial charge is 0.243 e. The first kappa shape index (κ1) is 21.4. The second kappa shape index (κ2) is 9.85. The standard InChI is InChI=1S/C20H21ClFN3O3/c1-12(26)24-18(11-14-3-2-4-16(22)9-14)20(28)25-17(19(23)27)10-13-5-7-15(21)8-6-13/h2-9,17-18H,10-11H2,1H3,(H2,23,27)(H,24,26)(H,25,28)/t17-,18+/m1/s1. The molecule has 2 atom stereocenters. The van der Waals surface area contributed by atoms with E-state index in [1.165, 1.54) is 25.1 Å². The van der Waals surface area contributed by atoms with Crippen LogP contribution in [-0.2, 0) is 27.2 Å². The molecular weight excluding hydrogens is 385 g/mol. The number of amides is 3. The van der Waals surface area contributed by atoms with E-state index in [9.17, 15) is 18.8 Å². The molecule has 0 aromatic heterocycles. The molecule has 0 heterocycles. The van der Waals surface area contributed by atoms with Gasteiger partial charge in [-0.25, -0.2) is 4.39 Å². The zero-order chi connectivity index (χ0) is 20.7. The first-order chi connectivity index (χ1) is 13.2. The molecule has 0 fully saturated rings. The Bertz CT molecular complexity index is 858. The highest BCUT2D eigenvalue weighted by Gasteiger charge is 2.25. The van der Waals surface area contributed by atoms with Crippen molar-refractivity contribution >= 4 is 29.3 Å². The molecule has 148 valence electrons. The highest BCUT2D eigenvalue weighted by atomic mass is 35.5. The molecule has 0 saturated heterocycles. The lowest BCUT2D eigenvalue weighted by atomic mass is 10.0. The van der Waals surface area contributed by atoms with Gasteiger partial charge >= 0.3 is 0 Å². The molecule has 3 amide bonds. The van der Waals surface area contributed by atoms with Crippen molar-refractivity contribution < 1.29 is 18.8 Å². The summed E-state index contributed by atoms with van der Waals surface area (Å²) in [7, 11) is 0. The van der Waals surface area contributed by atoms with Crippen LogP contribution < -0.4 is 16.4 Å². The minimum absolute atomic E-state index is 0.0651. The number of benzene rings is 2. The molecule has 0 spiro atoms. The van der Waals surface area contributed by atoms with Crippen molar-refractivity contribution in [2.24, 2.45) is 5.73 Å². The third-order valence-corrected chi connectivity index (χ3v) is 4.29. The van der Waals surface area contributed by atoms with Gasteiger partial charge in [0.2, 0.25) is 17.7 Å². The fourth-order valence-electron chi connectivity index (χ4n) is 2.71. The molecule has 0 aliphatic carbocycles. The van der Waals surface area contributed by atoms with Gasteiger partial charge in [0.15, 0.2) is 0 Å². The molecule has 0 aliphatic heterocycles. The first-order valence-corrected chi connectivity index (χ1v) is 8.98. The average molecular weight is 406 g/mol. The Kier molecular flexibility index (Phi) is 7.52. The Hall–Kier alpha value is -2.93. The van der Waals surface area contributed by atoms with Crippen molar-refractivity contribution in [2.75, 3.05) is 0 Å². The van der Waals surface area contributed by atoms with Gasteiger partial charge < -0.3 is 16.4 Å². The van der Waals surface area contributed by atoms with Crippen molar-refractivity contribution in [3.8, 4) is 0 Å². The predicted molar refractivity (Wildman–Crippen MR) is 104 cm³/mol. The van der Waals surface area contributed by atoms with Crippen LogP contribution in [-0.4, -0.2) is 29.8 Å². The number of nitrogens with two attached hydrogens (primary N) is 1. The van der Waals surface area contributed by atoms with E-state index in [2.05, 4.69) is 10.6 Å². The fourth-order valence-corrected chi connectivity index (χ4v) is 2.83. The SMILES string of the molecule is CC(=O)N[C@@H](Cc1cccc(F)c1)C(=O)N[C@H](Cc1ccc(Cl)cc1)C(N)=O. The summed E-state index contributed by atoms with van der Waals surface area (Å²) in [4.78, 5) is 36.0. The predicted octanol–water partition coefficient (Wildman–Crippen LogP) is 1.74. The highest BCUT2D eigenvalue weighted by Crippen LogP contribution is 2.12. The van der Waals surface area contributed by atoms with Crippen molar-refractivity contribution in [1.82, 2.24) is 10.6 Å². The van der Waals surface area contributed by atoms with Crippen LogP contribution in [0.25, 0.3) is 0 Å². The normalized spacial score (nSPS) is 12.7. The van der Waals surface area contributed by atoms with E-state index in [1.807, 2.05) is 0 Å². The maximum Gasteiger partial charge on any atom is 0.243 e. The Morgan fingerprint density at radius 2 is 1.64 bits per heavy atom. The molecule has 8 heteroatoms. The van der Waals surface area contributed by atoms with Crippen LogP contribution in [0.3, 0.4) is 0 Å². The quantitative estimate of drug-likeness (QED) is 0.623. The minimum Gasteiger partial charge on any atom is -0.368 e. The number of halogens is 2. The number of nitrogens with one attached hydrogen (secondary N) is 2. The molecule has 0 radical (unpaired) electrons. The van der Waals surface area contributed by atoms with Crippen LogP contribution in [0.4, 0.5) is 4.39 Å². The summed E-state index contributed by atoms with van der Waals surface area (Å²) in [6.07, 6.45) is 0.237. The molecule has 2 aromatic rings. The maximum absolute atomic E-state index is 13.4. The van der Waals surface area contributed by atoms with Crippen LogP contribution in [0.5, 0.6) is 0 Å². The summed E-state index contributed by atoms with van der Waals surface area (Å²) >= 11 is 5.84. The Morgan fingerprint density at radius 3 is 2.21 bits per heavy atom. The van der Waals surface area contributed by atoms with Gasteiger partial charge in [-0.3, -0.25) is 14.4 Å². The number of hydrogen-bond acceptors (Lipinski definition) is 3. The summed E-state index contributed by atoms with van der Waals surface area (Å²) in [6, 6.07) is 10.5. The van der Waals surface area contributed by atoms with Crippen LogP contribution in [0, 0.1) is 5.82 Å². The van der Waals surface area contributed by atoms with Crippen LogP contribution in [0.2, 0.25) is 5.02 Å². The summed E-state index contributed by atoms with van der Waals surface area (Å²) in [5, 5.41) is 5.63. The molecule has 6 nitrogen and oxygen atoms in total. The van der Waals surface area contributed by atoms with E-state index in [4.69, 9.17) is 17.3 Å². The molecule has 28 heavy (non-hydrogen) atoms. The third-order valence-electron chi connectivity index (χ3n) is 4.04. The van der Waals surface area contributed by atoms with E-state index in [0.717, 1.165) is 5.56 Å². The lowest BCUT2D eigenvalue weighted by Gasteiger charge is -2.22. The van der Waals surface area contributed by atoms with Crippen LogP contribution in [0.1, 0.15) is 18.1 Å². The van der Waals surface area contributed by atoms with Crippen LogP contribution >= 0.6 is 11.6 Å². The number of rotatable bonds is 8. The second-order valence-electron chi connectivity index (χ2n) is 6.38. The molecule has 0 bridgehead atoms. The van der Waals surface area contributed by atoms with Gasteiger partial charge in [0.1, 0.15) is 17.9 Å². The van der Waals surface area contributed by atoms with Gasteiger partial charge in [0, 0.05) is 24.8 Å². The summed E-state index contributed by atoms with van der Waals surface area (Å²) in [5.74, 6) is -2.17. The van der Waals surface area contributed by atoms with Crippen molar-refractivity contribution in [3.63, 3.8) is 0 Å². The highest BCUT2D eigenvalue weighted by molar-refractivity contribution is 6.30. The van der Waals surface area contributed by atoms with Crippen molar-refractivity contribution in [3.05, 3.63) is 70.5 Å². The summed E-state index contributed by atoms with van der Waals surface area (Å²) in [6.45, 7) is 1.27. The molecule has 0 aliphatic rings. The second-order valence-corrected chi connectivity index (χ2v) is 6.82. The number of hydrogen-bond donors (Lipinski definition) is 3. The van der Waals surface area contributed by atoms with E-state index in [-0.39, 0.29) is 12.8 Å². The number of primary amides is 1. The van der Waals surface area contributed by atoms with Crippen molar-refractivity contribution in [1.29, 1.82) is 0 Å². The number of carbonyl (C=O) groups excluding carboxylic acids is 3. The monoisotopic (exact) mass is 405 g/mol. The first-order valence-electron chi connectivity index (χ1n) is 8.60. The number of carbonyl (C=O) groups is 3. The largest absolute Gasteiger partial charge is 0.368 e. The lowest BCUT2D eigenvalue weighted by Crippen LogP contribution is -2.54. The fraction of sp³-hybridized carbons (Fsp3) is 0.250. The molecule has 0 saturated carbocycles. The zero-order valence-electron chi connectivity index (χ0n) is 15.2. The molecule has 0 unspecified atom stereocenters. The Morgan fingerprint density at radius 1 is 1.00 bits per heavy atom.